The van der Waals surface area contributed by atoms with E-state index in [0.29, 0.717) is 6.54 Å². The van der Waals surface area contributed by atoms with E-state index in [4.69, 9.17) is 5.11 Å². The summed E-state index contributed by atoms with van der Waals surface area (Å²) in [4.78, 5) is 35.6. The van der Waals surface area contributed by atoms with Crippen LogP contribution in [0.1, 0.15) is 41.0 Å². The maximum absolute atomic E-state index is 11.7. The fraction of sp³-hybridized carbons (Fsp3) is 0.769. The lowest BCUT2D eigenvalue weighted by Gasteiger charge is -2.26. The Kier molecular flexibility index (Phi) is 7.20. The van der Waals surface area contributed by atoms with Gasteiger partial charge in [-0.05, 0) is 34.2 Å². The van der Waals surface area contributed by atoms with Crippen molar-refractivity contribution in [3.8, 4) is 0 Å². The Bertz CT molecular complexity index is 363. The number of aliphatic carboxylic acids is 1. The molecule has 0 rings (SSSR count). The molecular weight excluding hydrogens is 262 g/mol. The number of carboxylic acid groups (broad SMARTS) is 1. The molecule has 0 aromatic carbocycles. The smallest absolute Gasteiger partial charge is 0.321 e. The Balaban J connectivity index is 4.35. The zero-order valence-electron chi connectivity index (χ0n) is 12.8. The van der Waals surface area contributed by atoms with Gasteiger partial charge in [-0.2, -0.15) is 0 Å². The molecule has 0 fully saturated rings. The van der Waals surface area contributed by atoms with Crippen molar-refractivity contribution < 1.29 is 19.5 Å². The second-order valence-electron chi connectivity index (χ2n) is 5.76. The SMILES string of the molecule is CCN(CC(=O)NC(=O)NC(C)(C)C)C(C)CC(=O)O. The molecule has 0 spiro atoms. The van der Waals surface area contributed by atoms with Crippen LogP contribution in [-0.2, 0) is 9.59 Å². The van der Waals surface area contributed by atoms with Gasteiger partial charge in [0.15, 0.2) is 0 Å². The van der Waals surface area contributed by atoms with Crippen molar-refractivity contribution >= 4 is 17.9 Å². The zero-order valence-corrected chi connectivity index (χ0v) is 12.8. The molecule has 1 atom stereocenters. The highest BCUT2D eigenvalue weighted by Crippen LogP contribution is 2.03. The molecule has 0 aliphatic heterocycles. The largest absolute Gasteiger partial charge is 0.481 e. The number of imide groups is 1. The van der Waals surface area contributed by atoms with Crippen LogP contribution < -0.4 is 10.6 Å². The molecule has 0 aliphatic carbocycles. The van der Waals surface area contributed by atoms with Gasteiger partial charge in [0.2, 0.25) is 5.91 Å². The number of rotatable bonds is 6. The monoisotopic (exact) mass is 287 g/mol. The third kappa shape index (κ3) is 8.47. The van der Waals surface area contributed by atoms with E-state index in [2.05, 4.69) is 10.6 Å². The summed E-state index contributed by atoms with van der Waals surface area (Å²) < 4.78 is 0. The Morgan fingerprint density at radius 2 is 1.80 bits per heavy atom. The van der Waals surface area contributed by atoms with Gasteiger partial charge < -0.3 is 10.4 Å². The van der Waals surface area contributed by atoms with Crippen molar-refractivity contribution in [2.45, 2.75) is 52.6 Å². The van der Waals surface area contributed by atoms with Crippen LogP contribution in [-0.4, -0.2) is 52.6 Å². The molecule has 0 saturated carbocycles. The standard InChI is InChI=1S/C13H25N3O4/c1-6-16(9(2)7-11(18)19)8-10(17)14-12(20)15-13(3,4)5/h9H,6-8H2,1-5H3,(H,18,19)(H2,14,15,17,20). The summed E-state index contributed by atoms with van der Waals surface area (Å²) >= 11 is 0. The number of hydrogen-bond acceptors (Lipinski definition) is 4. The van der Waals surface area contributed by atoms with Crippen molar-refractivity contribution in [2.75, 3.05) is 13.1 Å². The normalized spacial score (nSPS) is 12.9. The number of amides is 3. The van der Waals surface area contributed by atoms with Gasteiger partial charge in [-0.1, -0.05) is 6.92 Å². The van der Waals surface area contributed by atoms with E-state index in [1.807, 2.05) is 27.7 Å². The molecule has 0 heterocycles. The molecule has 0 saturated heterocycles. The molecule has 3 amide bonds. The van der Waals surface area contributed by atoms with Crippen molar-refractivity contribution in [3.05, 3.63) is 0 Å². The maximum Gasteiger partial charge on any atom is 0.321 e. The first-order chi connectivity index (χ1) is 9.05. The van der Waals surface area contributed by atoms with Crippen molar-refractivity contribution in [2.24, 2.45) is 0 Å². The number of likely N-dealkylation sites (N-methyl/N-ethyl adjacent to an activating group) is 1. The number of carboxylic acids is 1. The molecule has 0 aliphatic rings. The number of carbonyl (C=O) groups excluding carboxylic acids is 2. The van der Waals surface area contributed by atoms with Crippen LogP contribution in [0.4, 0.5) is 4.79 Å². The summed E-state index contributed by atoms with van der Waals surface area (Å²) in [5, 5.41) is 13.6. The number of nitrogens with zero attached hydrogens (tertiary/aromatic N) is 1. The Labute approximate surface area is 119 Å². The topological polar surface area (TPSA) is 98.7 Å². The lowest BCUT2D eigenvalue weighted by molar-refractivity contribution is -0.138. The van der Waals surface area contributed by atoms with Crippen LogP contribution in [0.25, 0.3) is 0 Å². The summed E-state index contributed by atoms with van der Waals surface area (Å²) in [5.74, 6) is -1.37. The van der Waals surface area contributed by atoms with E-state index >= 15 is 0 Å². The van der Waals surface area contributed by atoms with Crippen LogP contribution in [0.3, 0.4) is 0 Å². The van der Waals surface area contributed by atoms with E-state index < -0.39 is 23.4 Å². The minimum absolute atomic E-state index is 0.0114. The average molecular weight is 287 g/mol. The highest BCUT2D eigenvalue weighted by Gasteiger charge is 2.20. The van der Waals surface area contributed by atoms with Gasteiger partial charge in [0, 0.05) is 11.6 Å². The minimum atomic E-state index is -0.915. The summed E-state index contributed by atoms with van der Waals surface area (Å²) in [7, 11) is 0. The van der Waals surface area contributed by atoms with Gasteiger partial charge in [0.25, 0.3) is 0 Å². The zero-order chi connectivity index (χ0) is 15.9. The molecule has 7 heteroatoms. The predicted octanol–water partition coefficient (Wildman–Crippen LogP) is 0.796. The van der Waals surface area contributed by atoms with Gasteiger partial charge in [-0.3, -0.25) is 19.8 Å². The van der Waals surface area contributed by atoms with Crippen molar-refractivity contribution in [3.63, 3.8) is 0 Å². The minimum Gasteiger partial charge on any atom is -0.481 e. The molecule has 0 aromatic rings. The van der Waals surface area contributed by atoms with Gasteiger partial charge in [-0.25, -0.2) is 4.79 Å². The maximum atomic E-state index is 11.7. The number of urea groups is 1. The van der Waals surface area contributed by atoms with Crippen LogP contribution in [0.15, 0.2) is 0 Å². The molecule has 0 bridgehead atoms. The van der Waals surface area contributed by atoms with Crippen LogP contribution in [0.5, 0.6) is 0 Å². The molecule has 0 aromatic heterocycles. The van der Waals surface area contributed by atoms with Crippen molar-refractivity contribution in [1.29, 1.82) is 0 Å². The van der Waals surface area contributed by atoms with Gasteiger partial charge in [0.1, 0.15) is 0 Å². The van der Waals surface area contributed by atoms with Crippen LogP contribution >= 0.6 is 0 Å². The second-order valence-corrected chi connectivity index (χ2v) is 5.76. The highest BCUT2D eigenvalue weighted by atomic mass is 16.4. The van der Waals surface area contributed by atoms with Crippen LogP contribution in [0.2, 0.25) is 0 Å². The number of nitrogens with one attached hydrogen (secondary N) is 2. The lowest BCUT2D eigenvalue weighted by Crippen LogP contribution is -2.51. The van der Waals surface area contributed by atoms with E-state index in [1.165, 1.54) is 0 Å². The summed E-state index contributed by atoms with van der Waals surface area (Å²) in [6, 6.07) is -0.821. The Hall–Kier alpha value is -1.63. The fourth-order valence-electron chi connectivity index (χ4n) is 1.68. The van der Waals surface area contributed by atoms with E-state index in [0.717, 1.165) is 0 Å². The second kappa shape index (κ2) is 7.84. The van der Waals surface area contributed by atoms with Gasteiger partial charge in [-0.15, -0.1) is 0 Å². The quantitative estimate of drug-likeness (QED) is 0.671. The van der Waals surface area contributed by atoms with Gasteiger partial charge in [0.05, 0.1) is 13.0 Å². The first-order valence-corrected chi connectivity index (χ1v) is 6.63. The third-order valence-corrected chi connectivity index (χ3v) is 2.59. The molecule has 1 unspecified atom stereocenters. The summed E-state index contributed by atoms with van der Waals surface area (Å²) in [5.41, 5.74) is -0.425. The van der Waals surface area contributed by atoms with Crippen LogP contribution in [0, 0.1) is 0 Å². The summed E-state index contributed by atoms with van der Waals surface area (Å²) in [6.07, 6.45) is -0.0463. The summed E-state index contributed by atoms with van der Waals surface area (Å²) in [6.45, 7) is 9.52. The first kappa shape index (κ1) is 18.4. The number of hydrogen-bond donors (Lipinski definition) is 3. The van der Waals surface area contributed by atoms with E-state index in [-0.39, 0.29) is 19.0 Å². The molecular formula is C13H25N3O4. The molecule has 3 N–H and O–H groups in total. The lowest BCUT2D eigenvalue weighted by atomic mass is 10.1. The third-order valence-electron chi connectivity index (χ3n) is 2.59. The first-order valence-electron chi connectivity index (χ1n) is 6.63. The molecule has 0 radical (unpaired) electrons. The fourth-order valence-corrected chi connectivity index (χ4v) is 1.68. The Morgan fingerprint density at radius 3 is 2.20 bits per heavy atom. The highest BCUT2D eigenvalue weighted by molar-refractivity contribution is 5.95. The van der Waals surface area contributed by atoms with E-state index in [1.54, 1.807) is 11.8 Å². The number of carbonyl (C=O) groups is 3. The molecule has 20 heavy (non-hydrogen) atoms. The van der Waals surface area contributed by atoms with E-state index in [9.17, 15) is 14.4 Å². The van der Waals surface area contributed by atoms with Crippen molar-refractivity contribution in [1.82, 2.24) is 15.5 Å². The average Bonchev–Trinajstić information content (AvgIpc) is 2.21. The van der Waals surface area contributed by atoms with Gasteiger partial charge >= 0.3 is 12.0 Å². The Morgan fingerprint density at radius 1 is 1.25 bits per heavy atom. The predicted molar refractivity (Wildman–Crippen MR) is 75.4 cm³/mol. The molecule has 7 nitrogen and oxygen atoms in total. The molecule has 116 valence electrons.